The highest BCUT2D eigenvalue weighted by molar-refractivity contribution is 7.98. The van der Waals surface area contributed by atoms with Crippen molar-refractivity contribution in [2.24, 2.45) is 0 Å². The molecule has 0 saturated heterocycles. The summed E-state index contributed by atoms with van der Waals surface area (Å²) in [6.07, 6.45) is 3.60. The second kappa shape index (κ2) is 9.19. The highest BCUT2D eigenvalue weighted by atomic mass is 32.2. The molecule has 1 aliphatic heterocycles. The molecule has 0 fully saturated rings. The maximum atomic E-state index is 12.6. The lowest BCUT2D eigenvalue weighted by Crippen LogP contribution is -2.46. The number of carbonyl (C=O) groups excluding carboxylic acids is 4. The molecule has 0 saturated carbocycles. The number of nitrogens with zero attached hydrogens (tertiary/aromatic N) is 1. The molecular weight excluding hydrogens is 356 g/mol. The average Bonchev–Trinajstić information content (AvgIpc) is 2.90. The molecule has 0 aromatic heterocycles. The Balaban J connectivity index is 2.13. The molecule has 2 rings (SSSR count). The van der Waals surface area contributed by atoms with Crippen LogP contribution >= 0.6 is 11.8 Å². The number of esters is 1. The molecular formula is C18H20N2O5S. The predicted octanol–water partition coefficient (Wildman–Crippen LogP) is 1.25. The second-order valence-corrected chi connectivity index (χ2v) is 6.51. The molecule has 1 aromatic rings. The van der Waals surface area contributed by atoms with Crippen LogP contribution in [-0.2, 0) is 14.3 Å². The van der Waals surface area contributed by atoms with Crippen LogP contribution in [-0.4, -0.2) is 59.8 Å². The van der Waals surface area contributed by atoms with Gasteiger partial charge in [-0.1, -0.05) is 18.2 Å². The van der Waals surface area contributed by atoms with Crippen molar-refractivity contribution in [1.29, 1.82) is 0 Å². The number of hydrogen-bond acceptors (Lipinski definition) is 6. The highest BCUT2D eigenvalue weighted by Gasteiger charge is 2.43. The summed E-state index contributed by atoms with van der Waals surface area (Å²) < 4.78 is 5.03. The summed E-state index contributed by atoms with van der Waals surface area (Å²) in [4.78, 5) is 50.2. The van der Waals surface area contributed by atoms with E-state index in [1.165, 1.54) is 17.8 Å². The fourth-order valence-electron chi connectivity index (χ4n) is 2.54. The van der Waals surface area contributed by atoms with Gasteiger partial charge in [0.25, 0.3) is 17.7 Å². The van der Waals surface area contributed by atoms with Gasteiger partial charge in [-0.05, 0) is 30.6 Å². The van der Waals surface area contributed by atoms with Crippen molar-refractivity contribution in [1.82, 2.24) is 10.2 Å². The van der Waals surface area contributed by atoms with E-state index in [4.69, 9.17) is 4.74 Å². The normalized spacial score (nSPS) is 14.0. The molecule has 1 unspecified atom stereocenters. The average molecular weight is 376 g/mol. The van der Waals surface area contributed by atoms with E-state index in [1.54, 1.807) is 24.3 Å². The van der Waals surface area contributed by atoms with E-state index in [0.717, 1.165) is 4.90 Å². The smallest absolute Gasteiger partial charge is 0.329 e. The van der Waals surface area contributed by atoms with E-state index in [9.17, 15) is 19.2 Å². The van der Waals surface area contributed by atoms with Gasteiger partial charge in [0.15, 0.2) is 6.61 Å². The summed E-state index contributed by atoms with van der Waals surface area (Å²) in [5, 5.41) is 2.49. The monoisotopic (exact) mass is 376 g/mol. The van der Waals surface area contributed by atoms with Crippen LogP contribution in [0.4, 0.5) is 0 Å². The van der Waals surface area contributed by atoms with Gasteiger partial charge in [0, 0.05) is 6.54 Å². The van der Waals surface area contributed by atoms with Gasteiger partial charge in [-0.3, -0.25) is 19.3 Å². The Kier molecular flexibility index (Phi) is 6.97. The minimum atomic E-state index is -1.07. The first kappa shape index (κ1) is 19.7. The fourth-order valence-corrected chi connectivity index (χ4v) is 3.00. The van der Waals surface area contributed by atoms with Crippen LogP contribution in [0.1, 0.15) is 27.1 Å². The first-order chi connectivity index (χ1) is 12.5. The zero-order chi connectivity index (χ0) is 19.1. The van der Waals surface area contributed by atoms with E-state index in [1.807, 2.05) is 6.26 Å². The van der Waals surface area contributed by atoms with Crippen LogP contribution in [0.2, 0.25) is 0 Å². The van der Waals surface area contributed by atoms with Crippen LogP contribution < -0.4 is 5.32 Å². The van der Waals surface area contributed by atoms with E-state index in [2.05, 4.69) is 11.9 Å². The Morgan fingerprint density at radius 1 is 1.27 bits per heavy atom. The lowest BCUT2D eigenvalue weighted by atomic mass is 10.1. The molecule has 1 aromatic carbocycles. The summed E-state index contributed by atoms with van der Waals surface area (Å²) in [7, 11) is 0. The van der Waals surface area contributed by atoms with Crippen LogP contribution in [0, 0.1) is 0 Å². The molecule has 3 amide bonds. The molecule has 0 spiro atoms. The van der Waals surface area contributed by atoms with E-state index in [-0.39, 0.29) is 24.1 Å². The number of thioether (sulfide) groups is 1. The van der Waals surface area contributed by atoms with Crippen molar-refractivity contribution in [2.45, 2.75) is 12.5 Å². The Bertz CT molecular complexity index is 699. The predicted molar refractivity (Wildman–Crippen MR) is 97.9 cm³/mol. The number of hydrogen-bond donors (Lipinski definition) is 1. The standard InChI is InChI=1S/C18H20N2O5S/c1-3-9-19-15(21)11-25-18(24)14(8-10-26-2)20-16(22)12-6-4-5-7-13(12)17(20)23/h3-7,14H,1,8-11H2,2H3,(H,19,21). The summed E-state index contributed by atoms with van der Waals surface area (Å²) in [6.45, 7) is 3.25. The third kappa shape index (κ3) is 4.32. The van der Waals surface area contributed by atoms with Gasteiger partial charge in [0.05, 0.1) is 11.1 Å². The lowest BCUT2D eigenvalue weighted by Gasteiger charge is -2.24. The van der Waals surface area contributed by atoms with Crippen molar-refractivity contribution >= 4 is 35.5 Å². The number of nitrogens with one attached hydrogen (secondary N) is 1. The Morgan fingerprint density at radius 3 is 2.42 bits per heavy atom. The summed E-state index contributed by atoms with van der Waals surface area (Å²) in [5.41, 5.74) is 0.534. The Labute approximate surface area is 155 Å². The van der Waals surface area contributed by atoms with Gasteiger partial charge in [-0.15, -0.1) is 6.58 Å². The molecule has 1 N–H and O–H groups in total. The number of imide groups is 1. The van der Waals surface area contributed by atoms with Crippen molar-refractivity contribution in [3.05, 3.63) is 48.0 Å². The first-order valence-electron chi connectivity index (χ1n) is 8.01. The molecule has 1 atom stereocenters. The number of carbonyl (C=O) groups is 4. The molecule has 7 nitrogen and oxygen atoms in total. The maximum absolute atomic E-state index is 12.6. The van der Waals surface area contributed by atoms with E-state index >= 15 is 0 Å². The van der Waals surface area contributed by atoms with Gasteiger partial charge >= 0.3 is 5.97 Å². The number of fused-ring (bicyclic) bond motifs is 1. The number of ether oxygens (including phenoxy) is 1. The van der Waals surface area contributed by atoms with Gasteiger partial charge in [-0.25, -0.2) is 4.79 Å². The molecule has 0 bridgehead atoms. The largest absolute Gasteiger partial charge is 0.454 e. The summed E-state index contributed by atoms with van der Waals surface area (Å²) in [6, 6.07) is 5.35. The quantitative estimate of drug-likeness (QED) is 0.396. The molecule has 1 heterocycles. The van der Waals surface area contributed by atoms with Crippen LogP contribution in [0.25, 0.3) is 0 Å². The fraction of sp³-hybridized carbons (Fsp3) is 0.333. The molecule has 138 valence electrons. The van der Waals surface area contributed by atoms with E-state index < -0.39 is 36.3 Å². The molecule has 26 heavy (non-hydrogen) atoms. The molecule has 0 radical (unpaired) electrons. The molecule has 8 heteroatoms. The third-order valence-electron chi connectivity index (χ3n) is 3.79. The van der Waals surface area contributed by atoms with Gasteiger partial charge in [0.2, 0.25) is 0 Å². The number of amides is 3. The van der Waals surface area contributed by atoms with Crippen LogP contribution in [0.15, 0.2) is 36.9 Å². The lowest BCUT2D eigenvalue weighted by molar-refractivity contribution is -0.152. The Hall–Kier alpha value is -2.61. The van der Waals surface area contributed by atoms with Gasteiger partial charge in [-0.2, -0.15) is 11.8 Å². The maximum Gasteiger partial charge on any atom is 0.329 e. The SMILES string of the molecule is C=CCNC(=O)COC(=O)C(CCSC)N1C(=O)c2ccccc2C1=O. The third-order valence-corrected chi connectivity index (χ3v) is 4.44. The van der Waals surface area contributed by atoms with Crippen molar-refractivity contribution in [3.63, 3.8) is 0 Å². The van der Waals surface area contributed by atoms with Crippen molar-refractivity contribution in [2.75, 3.05) is 25.2 Å². The molecule has 0 aliphatic carbocycles. The zero-order valence-electron chi connectivity index (χ0n) is 14.4. The van der Waals surface area contributed by atoms with E-state index in [0.29, 0.717) is 5.75 Å². The van der Waals surface area contributed by atoms with Crippen LogP contribution in [0.3, 0.4) is 0 Å². The zero-order valence-corrected chi connectivity index (χ0v) is 15.2. The number of rotatable bonds is 9. The highest BCUT2D eigenvalue weighted by Crippen LogP contribution is 2.26. The summed E-state index contributed by atoms with van der Waals surface area (Å²) in [5.74, 6) is -1.75. The van der Waals surface area contributed by atoms with Gasteiger partial charge < -0.3 is 10.1 Å². The van der Waals surface area contributed by atoms with Crippen LogP contribution in [0.5, 0.6) is 0 Å². The first-order valence-corrected chi connectivity index (χ1v) is 9.40. The second-order valence-electron chi connectivity index (χ2n) is 5.52. The minimum Gasteiger partial charge on any atom is -0.454 e. The molecule has 1 aliphatic rings. The van der Waals surface area contributed by atoms with Crippen molar-refractivity contribution < 1.29 is 23.9 Å². The topological polar surface area (TPSA) is 92.8 Å². The summed E-state index contributed by atoms with van der Waals surface area (Å²) >= 11 is 1.48. The minimum absolute atomic E-state index is 0.250. The number of benzene rings is 1. The Morgan fingerprint density at radius 2 is 1.88 bits per heavy atom. The van der Waals surface area contributed by atoms with Crippen molar-refractivity contribution in [3.8, 4) is 0 Å². The van der Waals surface area contributed by atoms with Gasteiger partial charge in [0.1, 0.15) is 6.04 Å².